The fourth-order valence-corrected chi connectivity index (χ4v) is 2.67. The summed E-state index contributed by atoms with van der Waals surface area (Å²) < 4.78 is 6.19. The zero-order valence-corrected chi connectivity index (χ0v) is 12.0. The van der Waals surface area contributed by atoms with E-state index >= 15 is 0 Å². The summed E-state index contributed by atoms with van der Waals surface area (Å²) >= 11 is 1.96. The van der Waals surface area contributed by atoms with Crippen LogP contribution in [0.3, 0.4) is 0 Å². The maximum atomic E-state index is 11.8. The molecule has 0 amide bonds. The SMILES string of the molecule is C=Cc1cn([C@@H]2O[C@H](CO)C(I)[C@H]2O)c(=O)[nH]c1=O. The van der Waals surface area contributed by atoms with Gasteiger partial charge in [0, 0.05) is 6.20 Å². The van der Waals surface area contributed by atoms with Gasteiger partial charge in [0.25, 0.3) is 5.56 Å². The number of ether oxygens (including phenoxy) is 1. The van der Waals surface area contributed by atoms with Gasteiger partial charge in [-0.3, -0.25) is 14.3 Å². The van der Waals surface area contributed by atoms with Crippen molar-refractivity contribution in [2.24, 2.45) is 0 Å². The van der Waals surface area contributed by atoms with Crippen LogP contribution in [-0.4, -0.2) is 42.5 Å². The monoisotopic (exact) mass is 380 g/mol. The number of nitrogens with one attached hydrogen (secondary N) is 1. The molecular formula is C11H13IN2O5. The lowest BCUT2D eigenvalue weighted by molar-refractivity contribution is -0.0530. The number of alkyl halides is 1. The first-order valence-electron chi connectivity index (χ1n) is 5.56. The van der Waals surface area contributed by atoms with Gasteiger partial charge in [-0.1, -0.05) is 35.2 Å². The lowest BCUT2D eigenvalue weighted by Gasteiger charge is -2.17. The van der Waals surface area contributed by atoms with E-state index in [1.54, 1.807) is 0 Å². The number of aromatic nitrogens is 2. The van der Waals surface area contributed by atoms with E-state index in [0.29, 0.717) is 0 Å². The molecule has 3 N–H and O–H groups in total. The summed E-state index contributed by atoms with van der Waals surface area (Å²) in [5, 5.41) is 19.2. The normalized spacial score (nSPS) is 30.5. The third-order valence-electron chi connectivity index (χ3n) is 2.96. The molecule has 7 nitrogen and oxygen atoms in total. The smallest absolute Gasteiger partial charge is 0.330 e. The summed E-state index contributed by atoms with van der Waals surface area (Å²) in [6, 6.07) is 0. The van der Waals surface area contributed by atoms with Crippen molar-refractivity contribution in [3.05, 3.63) is 39.2 Å². The van der Waals surface area contributed by atoms with Crippen LogP contribution in [0.4, 0.5) is 0 Å². The summed E-state index contributed by atoms with van der Waals surface area (Å²) in [6.07, 6.45) is 0.125. The van der Waals surface area contributed by atoms with E-state index in [-0.39, 0.29) is 16.1 Å². The number of rotatable bonds is 3. The molecule has 1 aliphatic heterocycles. The predicted octanol–water partition coefficient (Wildman–Crippen LogP) is -0.766. The van der Waals surface area contributed by atoms with E-state index in [1.807, 2.05) is 22.6 Å². The van der Waals surface area contributed by atoms with Gasteiger partial charge in [0.1, 0.15) is 6.10 Å². The average molecular weight is 380 g/mol. The van der Waals surface area contributed by atoms with Gasteiger partial charge in [0.05, 0.1) is 22.2 Å². The van der Waals surface area contributed by atoms with Crippen LogP contribution in [-0.2, 0) is 4.74 Å². The molecule has 1 aromatic rings. The van der Waals surface area contributed by atoms with Crippen LogP contribution in [0.25, 0.3) is 6.08 Å². The van der Waals surface area contributed by atoms with Gasteiger partial charge in [-0.15, -0.1) is 0 Å². The fraction of sp³-hybridized carbons (Fsp3) is 0.455. The van der Waals surface area contributed by atoms with E-state index in [1.165, 1.54) is 12.3 Å². The Bertz CT molecular complexity index is 595. The van der Waals surface area contributed by atoms with E-state index in [4.69, 9.17) is 9.84 Å². The lowest BCUT2D eigenvalue weighted by Crippen LogP contribution is -2.37. The molecular weight excluding hydrogens is 367 g/mol. The molecule has 19 heavy (non-hydrogen) atoms. The summed E-state index contributed by atoms with van der Waals surface area (Å²) in [7, 11) is 0. The Morgan fingerprint density at radius 3 is 2.79 bits per heavy atom. The summed E-state index contributed by atoms with van der Waals surface area (Å²) in [5.74, 6) is 0. The largest absolute Gasteiger partial charge is 0.394 e. The number of aliphatic hydroxyl groups is 2. The van der Waals surface area contributed by atoms with Crippen LogP contribution in [0, 0.1) is 0 Å². The van der Waals surface area contributed by atoms with Crippen molar-refractivity contribution in [2.75, 3.05) is 6.61 Å². The molecule has 0 saturated carbocycles. The number of hydrogen-bond donors (Lipinski definition) is 3. The first-order chi connectivity index (χ1) is 8.99. The number of H-pyrrole nitrogens is 1. The Morgan fingerprint density at radius 2 is 2.26 bits per heavy atom. The molecule has 1 fully saturated rings. The molecule has 2 heterocycles. The van der Waals surface area contributed by atoms with Crippen molar-refractivity contribution in [1.29, 1.82) is 0 Å². The molecule has 1 unspecified atom stereocenters. The second kappa shape index (κ2) is 5.57. The maximum absolute atomic E-state index is 11.8. The van der Waals surface area contributed by atoms with Crippen LogP contribution in [0.1, 0.15) is 11.8 Å². The van der Waals surface area contributed by atoms with E-state index in [9.17, 15) is 14.7 Å². The maximum Gasteiger partial charge on any atom is 0.330 e. The first-order valence-corrected chi connectivity index (χ1v) is 6.80. The highest BCUT2D eigenvalue weighted by Gasteiger charge is 2.43. The lowest BCUT2D eigenvalue weighted by atomic mass is 10.2. The molecule has 2 rings (SSSR count). The number of aliphatic hydroxyl groups excluding tert-OH is 2. The average Bonchev–Trinajstić information content (AvgIpc) is 2.67. The van der Waals surface area contributed by atoms with E-state index in [0.717, 1.165) is 4.57 Å². The van der Waals surface area contributed by atoms with Crippen molar-refractivity contribution >= 4 is 28.7 Å². The molecule has 1 aromatic heterocycles. The molecule has 4 atom stereocenters. The molecule has 0 radical (unpaired) electrons. The minimum Gasteiger partial charge on any atom is -0.394 e. The topological polar surface area (TPSA) is 105 Å². The minimum absolute atomic E-state index is 0.202. The summed E-state index contributed by atoms with van der Waals surface area (Å²) in [5.41, 5.74) is -1.02. The predicted molar refractivity (Wildman–Crippen MR) is 76.2 cm³/mol. The minimum atomic E-state index is -0.959. The molecule has 8 heteroatoms. The van der Waals surface area contributed by atoms with Crippen LogP contribution in [0.15, 0.2) is 22.4 Å². The molecule has 0 aliphatic carbocycles. The molecule has 0 bridgehead atoms. The highest BCUT2D eigenvalue weighted by molar-refractivity contribution is 14.1. The van der Waals surface area contributed by atoms with Crippen molar-refractivity contribution in [3.63, 3.8) is 0 Å². The Morgan fingerprint density at radius 1 is 1.58 bits per heavy atom. The van der Waals surface area contributed by atoms with Gasteiger partial charge in [0.2, 0.25) is 0 Å². The quantitative estimate of drug-likeness (QED) is 0.472. The first kappa shape index (κ1) is 14.4. The number of aromatic amines is 1. The molecule has 0 spiro atoms. The Labute approximate surface area is 121 Å². The zero-order chi connectivity index (χ0) is 14.2. The number of hydrogen-bond acceptors (Lipinski definition) is 5. The highest BCUT2D eigenvalue weighted by atomic mass is 127. The standard InChI is InChI=1S/C11H13IN2O5/c1-2-5-3-14(11(18)13-9(5)17)10-8(16)7(12)6(4-15)19-10/h2-3,6-8,10,15-16H,1,4H2,(H,13,17,18)/t6-,7?,8-,10-/m1/s1. The van der Waals surface area contributed by atoms with Gasteiger partial charge in [0.15, 0.2) is 6.23 Å². The molecule has 104 valence electrons. The van der Waals surface area contributed by atoms with E-state index < -0.39 is 29.7 Å². The van der Waals surface area contributed by atoms with Crippen LogP contribution >= 0.6 is 22.6 Å². The summed E-state index contributed by atoms with van der Waals surface area (Å²) in [4.78, 5) is 25.3. The second-order valence-corrected chi connectivity index (χ2v) is 5.58. The second-order valence-electron chi connectivity index (χ2n) is 4.14. The number of nitrogens with zero attached hydrogens (tertiary/aromatic N) is 1. The van der Waals surface area contributed by atoms with Crippen molar-refractivity contribution in [1.82, 2.24) is 9.55 Å². The zero-order valence-electron chi connectivity index (χ0n) is 9.82. The molecule has 1 saturated heterocycles. The third kappa shape index (κ3) is 2.53. The van der Waals surface area contributed by atoms with Crippen molar-refractivity contribution in [3.8, 4) is 0 Å². The fourth-order valence-electron chi connectivity index (χ4n) is 1.92. The van der Waals surface area contributed by atoms with Gasteiger partial charge in [-0.25, -0.2) is 4.79 Å². The molecule has 1 aliphatic rings. The van der Waals surface area contributed by atoms with Crippen molar-refractivity contribution in [2.45, 2.75) is 22.4 Å². The van der Waals surface area contributed by atoms with Gasteiger partial charge in [-0.05, 0) is 0 Å². The van der Waals surface area contributed by atoms with Gasteiger partial charge in [-0.2, -0.15) is 0 Å². The van der Waals surface area contributed by atoms with Gasteiger partial charge >= 0.3 is 5.69 Å². The Balaban J connectivity index is 2.46. The van der Waals surface area contributed by atoms with Crippen LogP contribution < -0.4 is 11.2 Å². The Hall–Kier alpha value is -0.970. The number of halogens is 1. The van der Waals surface area contributed by atoms with Gasteiger partial charge < -0.3 is 14.9 Å². The van der Waals surface area contributed by atoms with Crippen molar-refractivity contribution < 1.29 is 14.9 Å². The third-order valence-corrected chi connectivity index (χ3v) is 4.50. The van der Waals surface area contributed by atoms with Crippen LogP contribution in [0.2, 0.25) is 0 Å². The highest BCUT2D eigenvalue weighted by Crippen LogP contribution is 2.33. The van der Waals surface area contributed by atoms with Crippen LogP contribution in [0.5, 0.6) is 0 Å². The Kier molecular flexibility index (Phi) is 4.23. The summed E-state index contributed by atoms with van der Waals surface area (Å²) in [6.45, 7) is 3.22. The van der Waals surface area contributed by atoms with E-state index in [2.05, 4.69) is 11.6 Å². The molecule has 0 aromatic carbocycles.